The molecule has 0 radical (unpaired) electrons. The number of hydrogen-bond acceptors (Lipinski definition) is 1. The van der Waals surface area contributed by atoms with E-state index < -0.39 is 0 Å². The normalized spacial score (nSPS) is 19.0. The number of allylic oxidation sites excluding steroid dienone is 2. The van der Waals surface area contributed by atoms with Crippen molar-refractivity contribution in [3.05, 3.63) is 23.8 Å². The Morgan fingerprint density at radius 2 is 2.00 bits per heavy atom. The highest BCUT2D eigenvalue weighted by Crippen LogP contribution is 2.17. The molecule has 90 valence electrons. The monoisotopic (exact) mass is 221 g/mol. The lowest BCUT2D eigenvalue weighted by atomic mass is 9.95. The number of nitrogens with one attached hydrogen (secondary N) is 1. The molecule has 2 heteroatoms. The molecule has 0 spiro atoms. The summed E-state index contributed by atoms with van der Waals surface area (Å²) in [6.07, 6.45) is 12.9. The average Bonchev–Trinajstić information content (AvgIpc) is 2.31. The summed E-state index contributed by atoms with van der Waals surface area (Å²) in [6, 6.07) is 0.395. The van der Waals surface area contributed by atoms with Gasteiger partial charge in [-0.2, -0.15) is 0 Å². The Balaban J connectivity index is 2.45. The molecule has 0 saturated heterocycles. The summed E-state index contributed by atoms with van der Waals surface area (Å²) in [7, 11) is 0. The third-order valence-electron chi connectivity index (χ3n) is 3.05. The van der Waals surface area contributed by atoms with Crippen molar-refractivity contribution in [1.82, 2.24) is 5.32 Å². The smallest absolute Gasteiger partial charge is 0.251 e. The summed E-state index contributed by atoms with van der Waals surface area (Å²) < 4.78 is 0. The molecule has 1 saturated carbocycles. The summed E-state index contributed by atoms with van der Waals surface area (Å²) in [5.74, 6) is 0.0825. The highest BCUT2D eigenvalue weighted by Gasteiger charge is 2.16. The molecular formula is C14H23NO. The molecule has 1 fully saturated rings. The summed E-state index contributed by atoms with van der Waals surface area (Å²) in [5.41, 5.74) is 0.785. The predicted molar refractivity (Wildman–Crippen MR) is 68.2 cm³/mol. The van der Waals surface area contributed by atoms with Gasteiger partial charge in [-0.3, -0.25) is 4.79 Å². The molecule has 0 aliphatic heterocycles. The Morgan fingerprint density at radius 1 is 1.31 bits per heavy atom. The van der Waals surface area contributed by atoms with Gasteiger partial charge in [0.2, 0.25) is 0 Å². The van der Waals surface area contributed by atoms with Crippen molar-refractivity contribution in [3.63, 3.8) is 0 Å². The first-order valence-electron chi connectivity index (χ1n) is 6.41. The van der Waals surface area contributed by atoms with Gasteiger partial charge in [0, 0.05) is 11.6 Å². The van der Waals surface area contributed by atoms with E-state index in [1.54, 1.807) is 0 Å². The molecule has 0 aromatic rings. The maximum atomic E-state index is 11.9. The predicted octanol–water partition coefficient (Wildman–Crippen LogP) is 3.35. The number of carbonyl (C=O) groups is 1. The lowest BCUT2D eigenvalue weighted by Gasteiger charge is -2.22. The average molecular weight is 221 g/mol. The topological polar surface area (TPSA) is 29.1 Å². The third-order valence-corrected chi connectivity index (χ3v) is 3.05. The van der Waals surface area contributed by atoms with Crippen molar-refractivity contribution >= 4 is 5.91 Å². The quantitative estimate of drug-likeness (QED) is 0.572. The lowest BCUT2D eigenvalue weighted by molar-refractivity contribution is -0.118. The Kier molecular flexibility index (Phi) is 5.91. The first-order valence-corrected chi connectivity index (χ1v) is 6.41. The molecule has 1 aliphatic carbocycles. The first-order chi connectivity index (χ1) is 7.77. The minimum absolute atomic E-state index is 0.0825. The van der Waals surface area contributed by atoms with E-state index in [-0.39, 0.29) is 5.91 Å². The fourth-order valence-corrected chi connectivity index (χ4v) is 2.06. The fraction of sp³-hybridized carbons (Fsp3) is 0.643. The van der Waals surface area contributed by atoms with Gasteiger partial charge in [-0.25, -0.2) is 0 Å². The zero-order valence-electron chi connectivity index (χ0n) is 10.5. The van der Waals surface area contributed by atoms with E-state index in [4.69, 9.17) is 0 Å². The van der Waals surface area contributed by atoms with Gasteiger partial charge < -0.3 is 5.32 Å². The molecule has 0 heterocycles. The molecule has 0 aromatic carbocycles. The summed E-state index contributed by atoms with van der Waals surface area (Å²) >= 11 is 0. The van der Waals surface area contributed by atoms with E-state index in [0.29, 0.717) is 6.04 Å². The van der Waals surface area contributed by atoms with Gasteiger partial charge in [0.1, 0.15) is 0 Å². The number of rotatable bonds is 4. The van der Waals surface area contributed by atoms with E-state index in [9.17, 15) is 4.79 Å². The van der Waals surface area contributed by atoms with Crippen molar-refractivity contribution in [3.8, 4) is 0 Å². The van der Waals surface area contributed by atoms with Crippen molar-refractivity contribution in [1.29, 1.82) is 0 Å². The van der Waals surface area contributed by atoms with E-state index in [0.717, 1.165) is 24.8 Å². The van der Waals surface area contributed by atoms with Crippen LogP contribution in [-0.2, 0) is 4.79 Å². The van der Waals surface area contributed by atoms with E-state index in [1.165, 1.54) is 19.3 Å². The van der Waals surface area contributed by atoms with Gasteiger partial charge >= 0.3 is 0 Å². The molecule has 2 nitrogen and oxygen atoms in total. The van der Waals surface area contributed by atoms with Crippen LogP contribution < -0.4 is 5.32 Å². The zero-order chi connectivity index (χ0) is 11.8. The highest BCUT2D eigenvalue weighted by molar-refractivity contribution is 5.96. The standard InChI is InChI=1S/C14H23NO/c1-3-5-9-12(4-2)14(16)15-13-10-7-6-8-11-13/h4-5,9,13H,3,6-8,10-11H2,1-2H3,(H,15,16)/b9-5-,12-4+. The van der Waals surface area contributed by atoms with Crippen LogP contribution in [-0.4, -0.2) is 11.9 Å². The Bertz CT molecular complexity index is 272. The van der Waals surface area contributed by atoms with Gasteiger partial charge in [-0.05, 0) is 26.2 Å². The number of hydrogen-bond donors (Lipinski definition) is 1. The Morgan fingerprint density at radius 3 is 2.56 bits per heavy atom. The minimum Gasteiger partial charge on any atom is -0.349 e. The second-order valence-corrected chi connectivity index (χ2v) is 4.36. The van der Waals surface area contributed by atoms with Crippen LogP contribution in [0.3, 0.4) is 0 Å². The zero-order valence-corrected chi connectivity index (χ0v) is 10.5. The van der Waals surface area contributed by atoms with Crippen LogP contribution >= 0.6 is 0 Å². The van der Waals surface area contributed by atoms with Crippen LogP contribution in [0.2, 0.25) is 0 Å². The largest absolute Gasteiger partial charge is 0.349 e. The van der Waals surface area contributed by atoms with Crippen molar-refractivity contribution in [2.75, 3.05) is 0 Å². The van der Waals surface area contributed by atoms with Crippen molar-refractivity contribution in [2.45, 2.75) is 58.4 Å². The molecule has 1 N–H and O–H groups in total. The maximum Gasteiger partial charge on any atom is 0.251 e. The summed E-state index contributed by atoms with van der Waals surface area (Å²) in [4.78, 5) is 11.9. The van der Waals surface area contributed by atoms with Crippen molar-refractivity contribution in [2.24, 2.45) is 0 Å². The van der Waals surface area contributed by atoms with Gasteiger partial charge in [0.15, 0.2) is 0 Å². The highest BCUT2D eigenvalue weighted by atomic mass is 16.1. The Hall–Kier alpha value is -1.05. The van der Waals surface area contributed by atoms with Gasteiger partial charge in [-0.1, -0.05) is 44.4 Å². The Labute approximate surface area is 98.8 Å². The van der Waals surface area contributed by atoms with Crippen LogP contribution in [0.25, 0.3) is 0 Å². The molecule has 0 unspecified atom stereocenters. The summed E-state index contributed by atoms with van der Waals surface area (Å²) in [5, 5.41) is 3.12. The van der Waals surface area contributed by atoms with Gasteiger partial charge in [0.05, 0.1) is 0 Å². The molecule has 0 bridgehead atoms. The molecule has 0 atom stereocenters. The molecule has 1 rings (SSSR count). The minimum atomic E-state index is 0.0825. The molecule has 0 aromatic heterocycles. The van der Waals surface area contributed by atoms with Gasteiger partial charge in [0.25, 0.3) is 5.91 Å². The van der Waals surface area contributed by atoms with Gasteiger partial charge in [-0.15, -0.1) is 0 Å². The van der Waals surface area contributed by atoms with E-state index >= 15 is 0 Å². The maximum absolute atomic E-state index is 11.9. The lowest BCUT2D eigenvalue weighted by Crippen LogP contribution is -2.36. The SMILES string of the molecule is C/C=C(\C=C/CC)C(=O)NC1CCCCC1. The second kappa shape index (κ2) is 7.26. The molecular weight excluding hydrogens is 198 g/mol. The molecule has 16 heavy (non-hydrogen) atoms. The number of carbonyl (C=O) groups excluding carboxylic acids is 1. The fourth-order valence-electron chi connectivity index (χ4n) is 2.06. The van der Waals surface area contributed by atoms with Crippen LogP contribution in [0, 0.1) is 0 Å². The second-order valence-electron chi connectivity index (χ2n) is 4.36. The molecule has 1 aliphatic rings. The first kappa shape index (κ1) is 13.0. The van der Waals surface area contributed by atoms with E-state index in [2.05, 4.69) is 12.2 Å². The summed E-state index contributed by atoms with van der Waals surface area (Å²) in [6.45, 7) is 3.98. The number of amides is 1. The van der Waals surface area contributed by atoms with Crippen LogP contribution in [0.5, 0.6) is 0 Å². The van der Waals surface area contributed by atoms with Crippen LogP contribution in [0.1, 0.15) is 52.4 Å². The van der Waals surface area contributed by atoms with E-state index in [1.807, 2.05) is 25.2 Å². The van der Waals surface area contributed by atoms with Crippen LogP contribution in [0.15, 0.2) is 23.8 Å². The van der Waals surface area contributed by atoms with Crippen molar-refractivity contribution < 1.29 is 4.79 Å². The molecule has 1 amide bonds. The third kappa shape index (κ3) is 4.21. The van der Waals surface area contributed by atoms with Crippen LogP contribution in [0.4, 0.5) is 0 Å².